The van der Waals surface area contributed by atoms with Gasteiger partial charge < -0.3 is 19.7 Å². The molecule has 2 aliphatic heterocycles. The average Bonchev–Trinajstić information content (AvgIpc) is 3.01. The number of aliphatic hydroxyl groups excluding tert-OH is 1. The number of ether oxygens (including phenoxy) is 2. The molecule has 0 aromatic heterocycles. The molecule has 0 aromatic carbocycles. The van der Waals surface area contributed by atoms with Crippen molar-refractivity contribution in [1.29, 1.82) is 0 Å². The third-order valence-corrected chi connectivity index (χ3v) is 7.74. The molecule has 0 bridgehead atoms. The molecule has 0 amide bonds. The fourth-order valence-corrected chi connectivity index (χ4v) is 5.29. The van der Waals surface area contributed by atoms with Crippen LogP contribution in [0.5, 0.6) is 0 Å². The second kappa shape index (κ2) is 9.11. The number of hydrogen-bond acceptors (Lipinski definition) is 5. The van der Waals surface area contributed by atoms with Crippen LogP contribution < -0.4 is 0 Å². The van der Waals surface area contributed by atoms with Gasteiger partial charge in [-0.1, -0.05) is 34.6 Å². The summed E-state index contributed by atoms with van der Waals surface area (Å²) in [7, 11) is 0. The first-order valence-electron chi connectivity index (χ1n) is 11.3. The SMILES string of the molecule is CC[C@H](C(=O)[C@H](C)[C@H](C)O)[C@H]1O[C@](CC)([C@H]2CC[C@@](O)(CC)[C@H](C)O2)C[C@@H]1C. The highest BCUT2D eigenvalue weighted by Gasteiger charge is 2.55. The molecule has 0 spiro atoms. The predicted molar refractivity (Wildman–Crippen MR) is 110 cm³/mol. The van der Waals surface area contributed by atoms with Crippen LogP contribution in [0.25, 0.3) is 0 Å². The Labute approximate surface area is 171 Å². The van der Waals surface area contributed by atoms with Crippen molar-refractivity contribution >= 4 is 5.78 Å². The zero-order valence-corrected chi connectivity index (χ0v) is 18.9. The number of hydrogen-bond donors (Lipinski definition) is 2. The van der Waals surface area contributed by atoms with Crippen LogP contribution in [-0.2, 0) is 14.3 Å². The lowest BCUT2D eigenvalue weighted by atomic mass is 9.77. The van der Waals surface area contributed by atoms with Gasteiger partial charge in [-0.2, -0.15) is 0 Å². The minimum atomic E-state index is -0.760. The van der Waals surface area contributed by atoms with Crippen molar-refractivity contribution in [3.05, 3.63) is 0 Å². The molecule has 9 atom stereocenters. The largest absolute Gasteiger partial charge is 0.393 e. The lowest BCUT2D eigenvalue weighted by molar-refractivity contribution is -0.229. The third kappa shape index (κ3) is 4.33. The molecule has 2 fully saturated rings. The van der Waals surface area contributed by atoms with Gasteiger partial charge >= 0.3 is 0 Å². The molecule has 2 N–H and O–H groups in total. The van der Waals surface area contributed by atoms with Gasteiger partial charge in [-0.05, 0) is 58.3 Å². The lowest BCUT2D eigenvalue weighted by Gasteiger charge is -2.47. The Kier molecular flexibility index (Phi) is 7.74. The Morgan fingerprint density at radius 1 is 1.18 bits per heavy atom. The average molecular weight is 399 g/mol. The zero-order chi connectivity index (χ0) is 21.3. The number of carbonyl (C=O) groups is 1. The number of rotatable bonds is 8. The summed E-state index contributed by atoms with van der Waals surface area (Å²) in [5.74, 6) is -0.245. The topological polar surface area (TPSA) is 76.0 Å². The van der Waals surface area contributed by atoms with Crippen LogP contribution in [-0.4, -0.2) is 51.6 Å². The Bertz CT molecular complexity index is 535. The van der Waals surface area contributed by atoms with Crippen LogP contribution in [0, 0.1) is 17.8 Å². The van der Waals surface area contributed by atoms with Crippen LogP contribution >= 0.6 is 0 Å². The van der Waals surface area contributed by atoms with Gasteiger partial charge in [0.05, 0.1) is 35.6 Å². The van der Waals surface area contributed by atoms with E-state index in [0.29, 0.717) is 19.3 Å². The van der Waals surface area contributed by atoms with Crippen LogP contribution in [0.4, 0.5) is 0 Å². The fraction of sp³-hybridized carbons (Fsp3) is 0.957. The molecule has 2 rings (SSSR count). The molecule has 5 nitrogen and oxygen atoms in total. The van der Waals surface area contributed by atoms with E-state index in [1.807, 2.05) is 20.8 Å². The van der Waals surface area contributed by atoms with Crippen molar-refractivity contribution in [3.63, 3.8) is 0 Å². The van der Waals surface area contributed by atoms with E-state index in [4.69, 9.17) is 9.47 Å². The molecule has 164 valence electrons. The molecule has 2 saturated heterocycles. The lowest BCUT2D eigenvalue weighted by Crippen LogP contribution is -2.55. The highest BCUT2D eigenvalue weighted by Crippen LogP contribution is 2.48. The van der Waals surface area contributed by atoms with E-state index in [-0.39, 0.29) is 41.8 Å². The summed E-state index contributed by atoms with van der Waals surface area (Å²) in [5, 5.41) is 20.6. The van der Waals surface area contributed by atoms with Gasteiger partial charge in [0, 0.05) is 11.8 Å². The maximum atomic E-state index is 13.0. The van der Waals surface area contributed by atoms with Crippen molar-refractivity contribution in [2.24, 2.45) is 17.8 Å². The highest BCUT2D eigenvalue weighted by molar-refractivity contribution is 5.84. The van der Waals surface area contributed by atoms with E-state index in [1.54, 1.807) is 13.8 Å². The van der Waals surface area contributed by atoms with Gasteiger partial charge in [-0.15, -0.1) is 0 Å². The van der Waals surface area contributed by atoms with Gasteiger partial charge in [-0.25, -0.2) is 0 Å². The monoisotopic (exact) mass is 398 g/mol. The van der Waals surface area contributed by atoms with Crippen LogP contribution in [0.3, 0.4) is 0 Å². The quantitative estimate of drug-likeness (QED) is 0.649. The molecule has 2 heterocycles. The molecule has 0 aliphatic carbocycles. The summed E-state index contributed by atoms with van der Waals surface area (Å²) in [6.07, 6.45) is 3.49. The smallest absolute Gasteiger partial charge is 0.143 e. The zero-order valence-electron chi connectivity index (χ0n) is 18.9. The van der Waals surface area contributed by atoms with Gasteiger partial charge in [-0.3, -0.25) is 4.79 Å². The molecular weight excluding hydrogens is 356 g/mol. The first-order valence-corrected chi connectivity index (χ1v) is 11.3. The molecule has 0 saturated carbocycles. The normalized spacial score (nSPS) is 42.2. The Hall–Kier alpha value is -0.490. The van der Waals surface area contributed by atoms with Crippen molar-refractivity contribution in [2.75, 3.05) is 0 Å². The molecule has 0 unspecified atom stereocenters. The van der Waals surface area contributed by atoms with E-state index in [2.05, 4.69) is 13.8 Å². The Balaban J connectivity index is 2.20. The number of ketones is 1. The minimum Gasteiger partial charge on any atom is -0.393 e. The van der Waals surface area contributed by atoms with Gasteiger partial charge in [0.15, 0.2) is 0 Å². The minimum absolute atomic E-state index is 0.0615. The van der Waals surface area contributed by atoms with Crippen molar-refractivity contribution in [1.82, 2.24) is 0 Å². The summed E-state index contributed by atoms with van der Waals surface area (Å²) in [6.45, 7) is 13.8. The summed E-state index contributed by atoms with van der Waals surface area (Å²) in [5.41, 5.74) is -1.17. The highest BCUT2D eigenvalue weighted by atomic mass is 16.6. The van der Waals surface area contributed by atoms with Gasteiger partial charge in [0.1, 0.15) is 5.78 Å². The fourth-order valence-electron chi connectivity index (χ4n) is 5.29. The maximum Gasteiger partial charge on any atom is 0.143 e. The van der Waals surface area contributed by atoms with Crippen LogP contribution in [0.1, 0.15) is 87.0 Å². The van der Waals surface area contributed by atoms with Crippen molar-refractivity contribution < 1.29 is 24.5 Å². The first kappa shape index (κ1) is 23.8. The van der Waals surface area contributed by atoms with Crippen molar-refractivity contribution in [2.45, 2.75) is 123 Å². The van der Waals surface area contributed by atoms with Crippen LogP contribution in [0.2, 0.25) is 0 Å². The summed E-state index contributed by atoms with van der Waals surface area (Å²) >= 11 is 0. The van der Waals surface area contributed by atoms with E-state index >= 15 is 0 Å². The molecule has 0 aromatic rings. The molecular formula is C23H42O5. The Morgan fingerprint density at radius 2 is 1.82 bits per heavy atom. The third-order valence-electron chi connectivity index (χ3n) is 7.74. The maximum absolute atomic E-state index is 13.0. The summed E-state index contributed by atoms with van der Waals surface area (Å²) in [6, 6.07) is 0. The van der Waals surface area contributed by atoms with E-state index in [0.717, 1.165) is 19.3 Å². The first-order chi connectivity index (χ1) is 13.0. The molecule has 28 heavy (non-hydrogen) atoms. The van der Waals surface area contributed by atoms with E-state index in [9.17, 15) is 15.0 Å². The predicted octanol–water partition coefficient (Wildman–Crippen LogP) is 3.88. The summed E-state index contributed by atoms with van der Waals surface area (Å²) < 4.78 is 13.0. The molecule has 0 radical (unpaired) electrons. The second-order valence-electron chi connectivity index (χ2n) is 9.39. The standard InChI is InChI=1S/C23H42O5/c1-8-18(20(25)15(5)16(6)24)21-14(4)13-23(10-3,28-21)19-11-12-22(26,9-2)17(7)27-19/h14-19,21,24,26H,8-13H2,1-7H3/t14-,15+,16-,17-,18+,19+,21-,22-,23-/m0/s1. The van der Waals surface area contributed by atoms with Crippen molar-refractivity contribution in [3.8, 4) is 0 Å². The number of aliphatic hydroxyl groups is 2. The van der Waals surface area contributed by atoms with Gasteiger partial charge in [0.25, 0.3) is 0 Å². The van der Waals surface area contributed by atoms with Crippen LogP contribution in [0.15, 0.2) is 0 Å². The number of Topliss-reactive ketones (excluding diaryl/α,β-unsaturated/α-hetero) is 1. The second-order valence-corrected chi connectivity index (χ2v) is 9.39. The molecule has 2 aliphatic rings. The summed E-state index contributed by atoms with van der Waals surface area (Å²) in [4.78, 5) is 13.0. The number of carbonyl (C=O) groups excluding carboxylic acids is 1. The van der Waals surface area contributed by atoms with E-state index < -0.39 is 17.3 Å². The van der Waals surface area contributed by atoms with Gasteiger partial charge in [0.2, 0.25) is 0 Å². The molecule has 5 heteroatoms. The Morgan fingerprint density at radius 3 is 2.29 bits per heavy atom. The van der Waals surface area contributed by atoms with E-state index in [1.165, 1.54) is 0 Å².